The summed E-state index contributed by atoms with van der Waals surface area (Å²) >= 11 is 0. The number of oxazole rings is 1. The minimum atomic E-state index is -1.75. The number of aliphatic carboxylic acids is 3. The zero-order chi connectivity index (χ0) is 35.8. The molecule has 0 saturated heterocycles. The summed E-state index contributed by atoms with van der Waals surface area (Å²) in [7, 11) is 0. The van der Waals surface area contributed by atoms with Gasteiger partial charge in [-0.15, -0.1) is 0 Å². The average molecular weight is 691 g/mol. The third-order valence-electron chi connectivity index (χ3n) is 10.00. The molecule has 1 aliphatic carbocycles. The second-order valence-electron chi connectivity index (χ2n) is 12.9. The molecule has 12 heteroatoms. The van der Waals surface area contributed by atoms with E-state index in [1.807, 2.05) is 91.9 Å². The van der Waals surface area contributed by atoms with Crippen molar-refractivity contribution < 1.29 is 48.4 Å². The molecule has 12 nitrogen and oxygen atoms in total. The van der Waals surface area contributed by atoms with Crippen molar-refractivity contribution in [1.82, 2.24) is 9.88 Å². The van der Waals surface area contributed by atoms with Crippen molar-refractivity contribution >= 4 is 51.8 Å². The van der Waals surface area contributed by atoms with Gasteiger partial charge in [-0.2, -0.15) is 0 Å². The second-order valence-corrected chi connectivity index (χ2v) is 12.9. The first-order valence-corrected chi connectivity index (χ1v) is 16.5. The van der Waals surface area contributed by atoms with Crippen LogP contribution < -0.4 is 9.47 Å². The number of hydrogen-bond donors (Lipinski definition) is 3. The Bertz CT molecular complexity index is 2140. The molecule has 4 atom stereocenters. The first-order valence-electron chi connectivity index (χ1n) is 16.5. The fourth-order valence-corrected chi connectivity index (χ4v) is 7.37. The van der Waals surface area contributed by atoms with Gasteiger partial charge in [0, 0.05) is 18.5 Å². The summed E-state index contributed by atoms with van der Waals surface area (Å²) in [6.07, 6.45) is 3.97. The molecule has 2 unspecified atom stereocenters. The quantitative estimate of drug-likeness (QED) is 0.139. The Morgan fingerprint density at radius 2 is 1.47 bits per heavy atom. The van der Waals surface area contributed by atoms with Gasteiger partial charge in [0.15, 0.2) is 17.1 Å². The highest BCUT2D eigenvalue weighted by Gasteiger charge is 2.65. The molecule has 5 aromatic rings. The van der Waals surface area contributed by atoms with Crippen LogP contribution >= 0.6 is 0 Å². The van der Waals surface area contributed by atoms with E-state index < -0.39 is 59.4 Å². The topological polar surface area (TPSA) is 177 Å². The lowest BCUT2D eigenvalue weighted by Crippen LogP contribution is -2.63. The van der Waals surface area contributed by atoms with Crippen LogP contribution in [0.3, 0.4) is 0 Å². The number of carbonyl (C=O) groups excluding carboxylic acids is 1. The highest BCUT2D eigenvalue weighted by Crippen LogP contribution is 2.49. The van der Waals surface area contributed by atoms with Gasteiger partial charge in [0.2, 0.25) is 18.6 Å². The van der Waals surface area contributed by atoms with Gasteiger partial charge in [0.1, 0.15) is 5.52 Å². The van der Waals surface area contributed by atoms with Gasteiger partial charge in [0.05, 0.1) is 23.7 Å². The minimum absolute atomic E-state index is 0.00758. The molecule has 1 saturated carbocycles. The zero-order valence-corrected chi connectivity index (χ0v) is 27.4. The van der Waals surface area contributed by atoms with Crippen LogP contribution in [0.1, 0.15) is 36.3 Å². The molecule has 7 rings (SSSR count). The fraction of sp³-hybridized carbons (Fsp3) is 0.256. The number of carboxylic acid groups (broad SMARTS) is 3. The third kappa shape index (κ3) is 6.36. The van der Waals surface area contributed by atoms with Crippen LogP contribution in [0, 0.1) is 23.7 Å². The lowest BCUT2D eigenvalue weighted by Gasteiger charge is -2.47. The summed E-state index contributed by atoms with van der Waals surface area (Å²) in [6, 6.07) is 25.6. The SMILES string of the molecule is C[C@H]([C@H](C/C=C/c1nc2ccccc2o1)c1ccc2c(c1)OCO2)N(Cc1ccc2ccccc2c1)C(=O)C1C(C(=O)O)C(C(=O)O)C1C(=O)O. The van der Waals surface area contributed by atoms with E-state index in [0.29, 0.717) is 34.9 Å². The number of hydrogen-bond acceptors (Lipinski definition) is 8. The van der Waals surface area contributed by atoms with Crippen molar-refractivity contribution in [2.24, 2.45) is 23.7 Å². The molecular weight excluding hydrogens is 656 g/mol. The number of fused-ring (bicyclic) bond motifs is 3. The molecule has 4 aromatic carbocycles. The Balaban J connectivity index is 1.29. The van der Waals surface area contributed by atoms with Crippen LogP contribution in [0.4, 0.5) is 0 Å². The molecule has 1 amide bonds. The summed E-state index contributed by atoms with van der Waals surface area (Å²) in [6.45, 7) is 1.89. The predicted molar refractivity (Wildman–Crippen MR) is 184 cm³/mol. The number of ether oxygens (including phenoxy) is 2. The second kappa shape index (κ2) is 13.6. The van der Waals surface area contributed by atoms with Gasteiger partial charge in [-0.25, -0.2) is 4.98 Å². The smallest absolute Gasteiger partial charge is 0.308 e. The molecule has 260 valence electrons. The largest absolute Gasteiger partial charge is 0.481 e. The van der Waals surface area contributed by atoms with Gasteiger partial charge in [-0.3, -0.25) is 19.2 Å². The summed E-state index contributed by atoms with van der Waals surface area (Å²) in [5, 5.41) is 31.9. The number of carboxylic acids is 3. The van der Waals surface area contributed by atoms with Crippen LogP contribution in [-0.2, 0) is 25.7 Å². The van der Waals surface area contributed by atoms with Crippen molar-refractivity contribution in [3.63, 3.8) is 0 Å². The van der Waals surface area contributed by atoms with E-state index in [0.717, 1.165) is 21.9 Å². The van der Waals surface area contributed by atoms with Gasteiger partial charge in [-0.1, -0.05) is 60.7 Å². The monoisotopic (exact) mass is 690 g/mol. The highest BCUT2D eigenvalue weighted by atomic mass is 16.7. The van der Waals surface area contributed by atoms with Crippen molar-refractivity contribution in [3.8, 4) is 11.5 Å². The van der Waals surface area contributed by atoms with Gasteiger partial charge < -0.3 is 34.1 Å². The molecule has 0 spiro atoms. The number of para-hydroxylation sites is 2. The van der Waals surface area contributed by atoms with E-state index in [2.05, 4.69) is 4.98 Å². The first-order chi connectivity index (χ1) is 24.6. The van der Waals surface area contributed by atoms with Gasteiger partial charge >= 0.3 is 17.9 Å². The summed E-state index contributed by atoms with van der Waals surface area (Å²) in [5.74, 6) is -11.1. The Kier molecular flexibility index (Phi) is 8.90. The Morgan fingerprint density at radius 1 is 0.804 bits per heavy atom. The summed E-state index contributed by atoms with van der Waals surface area (Å²) < 4.78 is 17.1. The fourth-order valence-electron chi connectivity index (χ4n) is 7.37. The highest BCUT2D eigenvalue weighted by molar-refractivity contribution is 5.98. The maximum atomic E-state index is 14.7. The van der Waals surface area contributed by atoms with Crippen molar-refractivity contribution in [3.05, 3.63) is 108 Å². The molecule has 0 radical (unpaired) electrons. The molecule has 0 bridgehead atoms. The lowest BCUT2D eigenvalue weighted by molar-refractivity contribution is -0.190. The van der Waals surface area contributed by atoms with E-state index >= 15 is 0 Å². The molecule has 1 aliphatic heterocycles. The molecule has 1 aromatic heterocycles. The standard InChI is InChI=1S/C39H34N2O10/c1-21(26(25-15-16-29-30(18-25)50-20-49-29)9-6-12-31-40-27-10-4-5-11-28(27)51-31)41(19-22-13-14-23-7-2-3-8-24(23)17-22)36(42)32-33(37(43)44)35(39(47)48)34(32)38(45)46/h2-8,10-18,21,26,32-35H,9,19-20H2,1H3,(H,43,44)(H,45,46)(H,47,48)/b12-6+/t21-,26+,32?,33?,34?,35?/m1/s1. The van der Waals surface area contributed by atoms with E-state index in [1.165, 1.54) is 4.90 Å². The van der Waals surface area contributed by atoms with Crippen LogP contribution in [0.2, 0.25) is 0 Å². The predicted octanol–water partition coefficient (Wildman–Crippen LogP) is 6.05. The Labute approximate surface area is 291 Å². The first kappa shape index (κ1) is 33.3. The molecule has 2 aliphatic rings. The number of aromatic nitrogens is 1. The van der Waals surface area contributed by atoms with E-state index in [1.54, 1.807) is 12.1 Å². The lowest BCUT2D eigenvalue weighted by atomic mass is 9.55. The number of rotatable bonds is 12. The summed E-state index contributed by atoms with van der Waals surface area (Å²) in [5.41, 5.74) is 2.84. The van der Waals surface area contributed by atoms with Crippen LogP contribution in [0.15, 0.2) is 95.4 Å². The molecular formula is C39H34N2O10. The number of amides is 1. The maximum absolute atomic E-state index is 14.7. The van der Waals surface area contributed by atoms with Crippen molar-refractivity contribution in [1.29, 1.82) is 0 Å². The average Bonchev–Trinajstić information content (AvgIpc) is 3.74. The van der Waals surface area contributed by atoms with Crippen molar-refractivity contribution in [2.45, 2.75) is 31.8 Å². The van der Waals surface area contributed by atoms with Crippen LogP contribution in [0.25, 0.3) is 27.9 Å². The van der Waals surface area contributed by atoms with E-state index in [9.17, 15) is 34.5 Å². The Morgan fingerprint density at radius 3 is 2.20 bits per heavy atom. The molecule has 51 heavy (non-hydrogen) atoms. The normalized spacial score (nSPS) is 20.6. The van der Waals surface area contributed by atoms with Gasteiger partial charge in [0.25, 0.3) is 0 Å². The van der Waals surface area contributed by atoms with Gasteiger partial charge in [-0.05, 0) is 71.7 Å². The summed E-state index contributed by atoms with van der Waals surface area (Å²) in [4.78, 5) is 57.6. The van der Waals surface area contributed by atoms with Crippen molar-refractivity contribution in [2.75, 3.05) is 6.79 Å². The maximum Gasteiger partial charge on any atom is 0.308 e. The molecule has 2 heterocycles. The van der Waals surface area contributed by atoms with E-state index in [-0.39, 0.29) is 13.3 Å². The number of benzene rings is 4. The molecule has 1 fully saturated rings. The number of allylic oxidation sites excluding steroid dienone is 1. The van der Waals surface area contributed by atoms with Crippen LogP contribution in [0.5, 0.6) is 11.5 Å². The molecule has 3 N–H and O–H groups in total. The Hall–Kier alpha value is -6.17. The van der Waals surface area contributed by atoms with E-state index in [4.69, 9.17) is 13.9 Å². The number of carbonyl (C=O) groups is 4. The zero-order valence-electron chi connectivity index (χ0n) is 27.4. The minimum Gasteiger partial charge on any atom is -0.481 e. The van der Waals surface area contributed by atoms with Crippen LogP contribution in [-0.4, -0.2) is 61.9 Å². The third-order valence-corrected chi connectivity index (χ3v) is 10.00. The number of nitrogens with zero attached hydrogens (tertiary/aromatic N) is 2.